The van der Waals surface area contributed by atoms with Crippen molar-refractivity contribution in [2.24, 2.45) is 5.73 Å². The highest BCUT2D eigenvalue weighted by molar-refractivity contribution is 4.86. The molecule has 0 aliphatic heterocycles. The van der Waals surface area contributed by atoms with Gasteiger partial charge >= 0.3 is 5.69 Å². The van der Waals surface area contributed by atoms with Crippen molar-refractivity contribution in [1.29, 1.82) is 0 Å². The van der Waals surface area contributed by atoms with Crippen molar-refractivity contribution in [3.05, 3.63) is 51.8 Å². The number of imidazole rings is 1. The highest BCUT2D eigenvalue weighted by Crippen LogP contribution is 1.93. The Kier molecular flexibility index (Phi) is 4.89. The van der Waals surface area contributed by atoms with Crippen LogP contribution in [0.3, 0.4) is 0 Å². The van der Waals surface area contributed by atoms with Gasteiger partial charge in [0.25, 0.3) is 5.56 Å². The average molecular weight is 277 g/mol. The molecule has 0 spiro atoms. The Morgan fingerprint density at radius 3 is 2.65 bits per heavy atom. The topological polar surface area (TPSA) is 87.8 Å². The molecule has 2 rings (SSSR count). The molecule has 20 heavy (non-hydrogen) atoms. The van der Waals surface area contributed by atoms with E-state index < -0.39 is 0 Å². The van der Waals surface area contributed by atoms with Gasteiger partial charge in [-0.3, -0.25) is 9.36 Å². The van der Waals surface area contributed by atoms with Crippen molar-refractivity contribution in [2.75, 3.05) is 6.54 Å². The van der Waals surface area contributed by atoms with Crippen LogP contribution in [0.15, 0.2) is 40.6 Å². The van der Waals surface area contributed by atoms with Crippen LogP contribution in [-0.2, 0) is 19.6 Å². The molecule has 0 aliphatic rings. The van der Waals surface area contributed by atoms with Crippen molar-refractivity contribution in [3.8, 4) is 0 Å². The molecule has 0 unspecified atom stereocenters. The Labute approximate surface area is 116 Å². The van der Waals surface area contributed by atoms with Crippen molar-refractivity contribution in [3.63, 3.8) is 0 Å². The Morgan fingerprint density at radius 1 is 1.10 bits per heavy atom. The van der Waals surface area contributed by atoms with Gasteiger partial charge in [-0.1, -0.05) is 0 Å². The second-order valence-electron chi connectivity index (χ2n) is 4.58. The monoisotopic (exact) mass is 277 g/mol. The normalized spacial score (nSPS) is 10.8. The molecule has 0 fully saturated rings. The number of aromatic nitrogens is 4. The zero-order valence-electron chi connectivity index (χ0n) is 11.3. The Hall–Kier alpha value is -2.15. The maximum Gasteiger partial charge on any atom is 0.330 e. The predicted molar refractivity (Wildman–Crippen MR) is 75.5 cm³/mol. The molecule has 7 nitrogen and oxygen atoms in total. The van der Waals surface area contributed by atoms with Gasteiger partial charge in [-0.25, -0.2) is 9.78 Å². The van der Waals surface area contributed by atoms with Crippen LogP contribution in [0, 0.1) is 0 Å². The Morgan fingerprint density at radius 2 is 1.95 bits per heavy atom. The van der Waals surface area contributed by atoms with Gasteiger partial charge in [-0.15, -0.1) is 0 Å². The van der Waals surface area contributed by atoms with E-state index >= 15 is 0 Å². The largest absolute Gasteiger partial charge is 0.337 e. The summed E-state index contributed by atoms with van der Waals surface area (Å²) in [6.45, 7) is 2.19. The second kappa shape index (κ2) is 6.85. The van der Waals surface area contributed by atoms with Gasteiger partial charge in [0.15, 0.2) is 0 Å². The first-order valence-electron chi connectivity index (χ1n) is 6.68. The molecular formula is C13H19N5O2. The molecule has 0 radical (unpaired) electrons. The van der Waals surface area contributed by atoms with Gasteiger partial charge in [0.1, 0.15) is 0 Å². The summed E-state index contributed by atoms with van der Waals surface area (Å²) >= 11 is 0. The minimum absolute atomic E-state index is 0.267. The lowest BCUT2D eigenvalue weighted by molar-refractivity contribution is 0.502. The molecule has 0 amide bonds. The van der Waals surface area contributed by atoms with E-state index in [1.807, 2.05) is 10.8 Å². The number of hydrogen-bond acceptors (Lipinski definition) is 4. The summed E-state index contributed by atoms with van der Waals surface area (Å²) in [4.78, 5) is 27.8. The van der Waals surface area contributed by atoms with Gasteiger partial charge in [-0.2, -0.15) is 0 Å². The lowest BCUT2D eigenvalue weighted by Crippen LogP contribution is -2.39. The van der Waals surface area contributed by atoms with Crippen LogP contribution in [0.4, 0.5) is 0 Å². The van der Waals surface area contributed by atoms with Crippen LogP contribution in [0.1, 0.15) is 12.8 Å². The van der Waals surface area contributed by atoms with Crippen LogP contribution in [0.25, 0.3) is 0 Å². The Balaban J connectivity index is 2.04. The van der Waals surface area contributed by atoms with Crippen LogP contribution in [-0.4, -0.2) is 25.2 Å². The maximum atomic E-state index is 12.2. The molecule has 2 N–H and O–H groups in total. The molecule has 0 aliphatic carbocycles. The fraction of sp³-hybridized carbons (Fsp3) is 0.462. The van der Waals surface area contributed by atoms with Crippen molar-refractivity contribution < 1.29 is 0 Å². The number of rotatable bonds is 7. The van der Waals surface area contributed by atoms with E-state index in [2.05, 4.69) is 4.98 Å². The third-order valence-electron chi connectivity index (χ3n) is 3.10. The van der Waals surface area contributed by atoms with E-state index in [9.17, 15) is 9.59 Å². The third kappa shape index (κ3) is 3.45. The standard InChI is InChI=1S/C13H19N5O2/c14-4-1-8-18-12(19)3-9-17(13(18)20)7-2-6-16-10-5-15-11-16/h3,5,9-11H,1-2,4,6-8,14H2. The molecular weight excluding hydrogens is 258 g/mol. The van der Waals surface area contributed by atoms with Gasteiger partial charge in [0.05, 0.1) is 6.33 Å². The summed E-state index contributed by atoms with van der Waals surface area (Å²) in [5, 5.41) is 0. The molecule has 0 saturated heterocycles. The molecule has 2 aromatic rings. The molecule has 2 aromatic heterocycles. The maximum absolute atomic E-state index is 12.2. The first-order valence-corrected chi connectivity index (χ1v) is 6.68. The summed E-state index contributed by atoms with van der Waals surface area (Å²) in [6.07, 6.45) is 8.31. The van der Waals surface area contributed by atoms with Gasteiger partial charge in [0, 0.05) is 44.3 Å². The fourth-order valence-electron chi connectivity index (χ4n) is 2.02. The van der Waals surface area contributed by atoms with Crippen LogP contribution < -0.4 is 17.0 Å². The van der Waals surface area contributed by atoms with E-state index in [1.54, 1.807) is 23.3 Å². The molecule has 2 heterocycles. The molecule has 0 saturated carbocycles. The lowest BCUT2D eigenvalue weighted by atomic mass is 10.4. The quantitative estimate of drug-likeness (QED) is 0.749. The van der Waals surface area contributed by atoms with E-state index in [0.29, 0.717) is 26.1 Å². The van der Waals surface area contributed by atoms with Crippen molar-refractivity contribution in [1.82, 2.24) is 18.7 Å². The summed E-state index contributed by atoms with van der Waals surface area (Å²) in [5.41, 5.74) is 4.88. The first-order chi connectivity index (χ1) is 9.72. The zero-order chi connectivity index (χ0) is 14.4. The highest BCUT2D eigenvalue weighted by Gasteiger charge is 2.04. The minimum atomic E-state index is -0.269. The van der Waals surface area contributed by atoms with Gasteiger partial charge < -0.3 is 14.9 Å². The van der Waals surface area contributed by atoms with Gasteiger partial charge in [0.2, 0.25) is 0 Å². The number of hydrogen-bond donors (Lipinski definition) is 1. The average Bonchev–Trinajstić information content (AvgIpc) is 2.94. The zero-order valence-corrected chi connectivity index (χ0v) is 11.3. The highest BCUT2D eigenvalue weighted by atomic mass is 16.2. The van der Waals surface area contributed by atoms with E-state index in [4.69, 9.17) is 5.73 Å². The Bertz CT molecular complexity index is 642. The van der Waals surface area contributed by atoms with Crippen molar-refractivity contribution >= 4 is 0 Å². The lowest BCUT2D eigenvalue weighted by Gasteiger charge is -2.09. The molecule has 0 atom stereocenters. The van der Waals surface area contributed by atoms with Crippen LogP contribution >= 0.6 is 0 Å². The summed E-state index contributed by atoms with van der Waals surface area (Å²) < 4.78 is 4.76. The summed E-state index contributed by atoms with van der Waals surface area (Å²) in [7, 11) is 0. The molecule has 0 bridgehead atoms. The van der Waals surface area contributed by atoms with Crippen LogP contribution in [0.5, 0.6) is 0 Å². The summed E-state index contributed by atoms with van der Waals surface area (Å²) in [5.74, 6) is 0. The SMILES string of the molecule is NCCCn1c(=O)ccn(CCCn2ccnc2)c1=O. The molecule has 0 aromatic carbocycles. The van der Waals surface area contributed by atoms with E-state index in [0.717, 1.165) is 13.0 Å². The predicted octanol–water partition coefficient (Wildman–Crippen LogP) is -0.354. The number of nitrogens with zero attached hydrogens (tertiary/aromatic N) is 4. The van der Waals surface area contributed by atoms with Crippen molar-refractivity contribution in [2.45, 2.75) is 32.5 Å². The smallest absolute Gasteiger partial charge is 0.330 e. The second-order valence-corrected chi connectivity index (χ2v) is 4.58. The van der Waals surface area contributed by atoms with E-state index in [1.165, 1.54) is 10.6 Å². The first kappa shape index (κ1) is 14.3. The summed E-state index contributed by atoms with van der Waals surface area (Å²) in [6, 6.07) is 1.43. The molecule has 108 valence electrons. The minimum Gasteiger partial charge on any atom is -0.337 e. The number of aryl methyl sites for hydroxylation is 2. The van der Waals surface area contributed by atoms with Gasteiger partial charge in [-0.05, 0) is 19.4 Å². The number of nitrogens with two attached hydrogens (primary N) is 1. The third-order valence-corrected chi connectivity index (χ3v) is 3.10. The molecule has 7 heteroatoms. The van der Waals surface area contributed by atoms with Crippen LogP contribution in [0.2, 0.25) is 0 Å². The van der Waals surface area contributed by atoms with E-state index in [-0.39, 0.29) is 11.2 Å². The fourth-order valence-corrected chi connectivity index (χ4v) is 2.02.